The Balaban J connectivity index is 1.22. The van der Waals surface area contributed by atoms with Crippen LogP contribution in [0.25, 0.3) is 0 Å². The zero-order chi connectivity index (χ0) is 20.9. The summed E-state index contributed by atoms with van der Waals surface area (Å²) < 4.78 is 5.57. The topological polar surface area (TPSA) is 60.9 Å². The maximum atomic E-state index is 12.8. The summed E-state index contributed by atoms with van der Waals surface area (Å²) in [6.45, 7) is 11.6. The highest BCUT2D eigenvalue weighted by Crippen LogP contribution is 2.25. The summed E-state index contributed by atoms with van der Waals surface area (Å²) in [5.74, 6) is 1.19. The van der Waals surface area contributed by atoms with E-state index in [4.69, 9.17) is 9.72 Å². The van der Waals surface area contributed by atoms with E-state index in [-0.39, 0.29) is 12.0 Å². The van der Waals surface area contributed by atoms with Crippen LogP contribution < -0.4 is 5.32 Å². The number of hydrogen-bond donors (Lipinski definition) is 1. The van der Waals surface area contributed by atoms with E-state index in [1.807, 2.05) is 19.9 Å². The molecule has 0 unspecified atom stereocenters. The number of ether oxygens (including phenoxy) is 1. The molecule has 0 atom stereocenters. The molecule has 0 bridgehead atoms. The molecule has 1 saturated heterocycles. The minimum atomic E-state index is 0.253. The zero-order valence-corrected chi connectivity index (χ0v) is 18.6. The minimum Gasteiger partial charge on any atom is -0.377 e. The summed E-state index contributed by atoms with van der Waals surface area (Å²) in [5, 5.41) is 3.34. The van der Waals surface area contributed by atoms with Gasteiger partial charge in [0.25, 0.3) is 0 Å². The molecule has 1 aromatic rings. The molecular weight excluding hydrogens is 378 g/mol. The standard InChI is InChI=1S/C23H37N5O2/c1-18(2)30-15-9-24-22-7-6-19-16-26(10-8-21(19)25-22)17-23(29)28-13-11-27(12-14-28)20-4-3-5-20/h6-7,18,20H,3-5,8-17H2,1-2H3,(H,24,25). The largest absolute Gasteiger partial charge is 0.377 e. The van der Waals surface area contributed by atoms with E-state index in [0.29, 0.717) is 13.2 Å². The van der Waals surface area contributed by atoms with Crippen LogP contribution in [0.4, 0.5) is 5.82 Å². The molecule has 2 aliphatic heterocycles. The van der Waals surface area contributed by atoms with Gasteiger partial charge in [0, 0.05) is 64.0 Å². The van der Waals surface area contributed by atoms with Crippen molar-refractivity contribution in [2.45, 2.75) is 58.2 Å². The third kappa shape index (κ3) is 5.50. The Morgan fingerprint density at radius 3 is 2.70 bits per heavy atom. The zero-order valence-electron chi connectivity index (χ0n) is 18.6. The number of nitrogens with zero attached hydrogens (tertiary/aromatic N) is 4. The monoisotopic (exact) mass is 415 g/mol. The number of hydrogen-bond acceptors (Lipinski definition) is 6. The molecule has 7 nitrogen and oxygen atoms in total. The Morgan fingerprint density at radius 2 is 2.00 bits per heavy atom. The number of anilines is 1. The number of rotatable bonds is 8. The first-order chi connectivity index (χ1) is 14.6. The first kappa shape index (κ1) is 21.5. The van der Waals surface area contributed by atoms with Crippen LogP contribution in [-0.4, -0.2) is 90.2 Å². The first-order valence-corrected chi connectivity index (χ1v) is 11.7. The molecule has 0 aromatic carbocycles. The fraction of sp³-hybridized carbons (Fsp3) is 0.739. The average Bonchev–Trinajstić information content (AvgIpc) is 2.70. The highest BCUT2D eigenvalue weighted by atomic mass is 16.5. The van der Waals surface area contributed by atoms with Gasteiger partial charge in [0.15, 0.2) is 0 Å². The summed E-state index contributed by atoms with van der Waals surface area (Å²) in [6.07, 6.45) is 5.22. The van der Waals surface area contributed by atoms with Crippen LogP contribution in [0.3, 0.4) is 0 Å². The fourth-order valence-corrected chi connectivity index (χ4v) is 4.56. The number of fused-ring (bicyclic) bond motifs is 1. The van der Waals surface area contributed by atoms with Crippen LogP contribution in [0.1, 0.15) is 44.4 Å². The van der Waals surface area contributed by atoms with Gasteiger partial charge in [-0.2, -0.15) is 0 Å². The second kappa shape index (κ2) is 10.1. The van der Waals surface area contributed by atoms with Gasteiger partial charge in [-0.1, -0.05) is 12.5 Å². The van der Waals surface area contributed by atoms with Crippen molar-refractivity contribution in [1.82, 2.24) is 19.7 Å². The predicted molar refractivity (Wildman–Crippen MR) is 119 cm³/mol. The van der Waals surface area contributed by atoms with Gasteiger partial charge in [-0.15, -0.1) is 0 Å². The maximum Gasteiger partial charge on any atom is 0.236 e. The van der Waals surface area contributed by atoms with E-state index < -0.39 is 0 Å². The molecule has 1 N–H and O–H groups in total. The molecule has 30 heavy (non-hydrogen) atoms. The van der Waals surface area contributed by atoms with Crippen molar-refractivity contribution in [2.75, 3.05) is 57.7 Å². The summed E-state index contributed by atoms with van der Waals surface area (Å²) in [6, 6.07) is 4.98. The summed E-state index contributed by atoms with van der Waals surface area (Å²) >= 11 is 0. The first-order valence-electron chi connectivity index (χ1n) is 11.7. The van der Waals surface area contributed by atoms with Crippen molar-refractivity contribution >= 4 is 11.7 Å². The third-order valence-electron chi connectivity index (χ3n) is 6.60. The Hall–Kier alpha value is -1.70. The Labute approximate surface area is 180 Å². The smallest absolute Gasteiger partial charge is 0.236 e. The van der Waals surface area contributed by atoms with Crippen molar-refractivity contribution < 1.29 is 9.53 Å². The van der Waals surface area contributed by atoms with Crippen LogP contribution in [0.5, 0.6) is 0 Å². The van der Waals surface area contributed by atoms with Crippen LogP contribution in [0.15, 0.2) is 12.1 Å². The van der Waals surface area contributed by atoms with Gasteiger partial charge in [-0.25, -0.2) is 4.98 Å². The van der Waals surface area contributed by atoms with E-state index in [1.54, 1.807) is 0 Å². The van der Waals surface area contributed by atoms with Crippen LogP contribution in [-0.2, 0) is 22.5 Å². The molecule has 0 spiro atoms. The number of amides is 1. The maximum absolute atomic E-state index is 12.8. The number of aromatic nitrogens is 1. The Kier molecular flexibility index (Phi) is 7.23. The average molecular weight is 416 g/mol. The lowest BCUT2D eigenvalue weighted by Crippen LogP contribution is -2.55. The quantitative estimate of drug-likeness (QED) is 0.655. The molecule has 1 saturated carbocycles. The van der Waals surface area contributed by atoms with Gasteiger partial charge in [-0.05, 0) is 38.3 Å². The number of carbonyl (C=O) groups is 1. The molecule has 4 rings (SSSR count). The molecule has 0 radical (unpaired) electrons. The number of pyridine rings is 1. The molecule has 1 amide bonds. The van der Waals surface area contributed by atoms with E-state index in [9.17, 15) is 4.79 Å². The van der Waals surface area contributed by atoms with Gasteiger partial charge < -0.3 is 15.0 Å². The van der Waals surface area contributed by atoms with Crippen LogP contribution in [0, 0.1) is 0 Å². The normalized spacial score (nSPS) is 20.8. The molecule has 1 aliphatic carbocycles. The SMILES string of the molecule is CC(C)OCCNc1ccc2c(n1)CCN(CC(=O)N1CCN(C3CCC3)CC1)C2. The molecular formula is C23H37N5O2. The third-order valence-corrected chi connectivity index (χ3v) is 6.60. The van der Waals surface area contributed by atoms with Crippen molar-refractivity contribution in [2.24, 2.45) is 0 Å². The molecule has 2 fully saturated rings. The second-order valence-corrected chi connectivity index (χ2v) is 9.11. The second-order valence-electron chi connectivity index (χ2n) is 9.11. The van der Waals surface area contributed by atoms with Gasteiger partial charge in [0.2, 0.25) is 5.91 Å². The Morgan fingerprint density at radius 1 is 1.20 bits per heavy atom. The van der Waals surface area contributed by atoms with E-state index >= 15 is 0 Å². The molecule has 166 valence electrons. The summed E-state index contributed by atoms with van der Waals surface area (Å²) in [5.41, 5.74) is 2.40. The van der Waals surface area contributed by atoms with Gasteiger partial charge in [0.05, 0.1) is 19.3 Å². The van der Waals surface area contributed by atoms with Crippen LogP contribution in [0.2, 0.25) is 0 Å². The molecule has 1 aromatic heterocycles. The van der Waals surface area contributed by atoms with Gasteiger partial charge >= 0.3 is 0 Å². The van der Waals surface area contributed by atoms with E-state index in [0.717, 1.165) is 69.8 Å². The van der Waals surface area contributed by atoms with E-state index in [2.05, 4.69) is 26.1 Å². The highest BCUT2D eigenvalue weighted by Gasteiger charge is 2.30. The lowest BCUT2D eigenvalue weighted by molar-refractivity contribution is -0.135. The predicted octanol–water partition coefficient (Wildman–Crippen LogP) is 1.97. The van der Waals surface area contributed by atoms with Gasteiger partial charge in [0.1, 0.15) is 5.82 Å². The van der Waals surface area contributed by atoms with Gasteiger partial charge in [-0.3, -0.25) is 14.6 Å². The van der Waals surface area contributed by atoms with E-state index in [1.165, 1.54) is 24.8 Å². The summed E-state index contributed by atoms with van der Waals surface area (Å²) in [4.78, 5) is 24.5. The number of piperazine rings is 1. The number of nitrogens with one attached hydrogen (secondary N) is 1. The highest BCUT2D eigenvalue weighted by molar-refractivity contribution is 5.78. The number of carbonyl (C=O) groups excluding carboxylic acids is 1. The van der Waals surface area contributed by atoms with Crippen molar-refractivity contribution in [1.29, 1.82) is 0 Å². The van der Waals surface area contributed by atoms with Crippen molar-refractivity contribution in [3.05, 3.63) is 23.4 Å². The fourth-order valence-electron chi connectivity index (χ4n) is 4.56. The van der Waals surface area contributed by atoms with Crippen molar-refractivity contribution in [3.8, 4) is 0 Å². The molecule has 3 heterocycles. The molecule has 3 aliphatic rings. The lowest BCUT2D eigenvalue weighted by atomic mass is 9.91. The molecule has 7 heteroatoms. The minimum absolute atomic E-state index is 0.253. The lowest BCUT2D eigenvalue weighted by Gasteiger charge is -2.43. The van der Waals surface area contributed by atoms with Crippen LogP contribution >= 0.6 is 0 Å². The Bertz CT molecular complexity index is 714. The van der Waals surface area contributed by atoms with Crippen molar-refractivity contribution in [3.63, 3.8) is 0 Å². The summed E-state index contributed by atoms with van der Waals surface area (Å²) in [7, 11) is 0.